The van der Waals surface area contributed by atoms with Gasteiger partial charge >= 0.3 is 0 Å². The molecule has 1 aliphatic heterocycles. The summed E-state index contributed by atoms with van der Waals surface area (Å²) in [6.45, 7) is 3.01. The summed E-state index contributed by atoms with van der Waals surface area (Å²) in [7, 11) is -3.61. The molecule has 0 bridgehead atoms. The number of carbonyl (C=O) groups is 1. The highest BCUT2D eigenvalue weighted by atomic mass is 32.2. The Bertz CT molecular complexity index is 1320. The van der Waals surface area contributed by atoms with Gasteiger partial charge < -0.3 is 5.32 Å². The van der Waals surface area contributed by atoms with Gasteiger partial charge in [0.15, 0.2) is 5.69 Å². The van der Waals surface area contributed by atoms with Crippen LogP contribution in [0.15, 0.2) is 70.5 Å². The number of sulfonamides is 1. The summed E-state index contributed by atoms with van der Waals surface area (Å²) in [6.07, 6.45) is 3.22. The van der Waals surface area contributed by atoms with E-state index in [1.807, 2.05) is 6.92 Å². The molecule has 2 heterocycles. The van der Waals surface area contributed by atoms with E-state index in [-0.39, 0.29) is 10.6 Å². The van der Waals surface area contributed by atoms with Crippen molar-refractivity contribution in [1.82, 2.24) is 14.1 Å². The maximum atomic E-state index is 13.2. The zero-order chi connectivity index (χ0) is 23.6. The SMILES string of the molecule is C[C@@H]1CCCN(S(=O)(=O)c2ccc(NC(=O)c3nn(-c4ccc(F)cc4)ccc3=O)cc2)C1. The second-order valence-corrected chi connectivity index (χ2v) is 9.98. The number of carbonyl (C=O) groups excluding carboxylic acids is 1. The number of nitrogens with one attached hydrogen (secondary N) is 1. The van der Waals surface area contributed by atoms with E-state index in [0.717, 1.165) is 12.8 Å². The van der Waals surface area contributed by atoms with Crippen LogP contribution in [-0.2, 0) is 10.0 Å². The lowest BCUT2D eigenvalue weighted by Crippen LogP contribution is -2.39. The van der Waals surface area contributed by atoms with Crippen LogP contribution in [0.4, 0.5) is 10.1 Å². The molecule has 1 amide bonds. The molecule has 1 aromatic heterocycles. The van der Waals surface area contributed by atoms with Gasteiger partial charge in [-0.05, 0) is 67.3 Å². The molecule has 1 saturated heterocycles. The van der Waals surface area contributed by atoms with Crippen LogP contribution in [0.5, 0.6) is 0 Å². The van der Waals surface area contributed by atoms with Crippen molar-refractivity contribution >= 4 is 21.6 Å². The van der Waals surface area contributed by atoms with E-state index in [0.29, 0.717) is 30.4 Å². The minimum absolute atomic E-state index is 0.145. The van der Waals surface area contributed by atoms with Crippen molar-refractivity contribution in [1.29, 1.82) is 0 Å². The Kier molecular flexibility index (Phi) is 6.39. The summed E-state index contributed by atoms with van der Waals surface area (Å²) < 4.78 is 41.7. The lowest BCUT2D eigenvalue weighted by atomic mass is 10.0. The van der Waals surface area contributed by atoms with Crippen molar-refractivity contribution in [2.45, 2.75) is 24.7 Å². The maximum absolute atomic E-state index is 13.2. The Balaban J connectivity index is 1.52. The Labute approximate surface area is 190 Å². The molecule has 3 aromatic rings. The minimum atomic E-state index is -3.61. The van der Waals surface area contributed by atoms with E-state index in [2.05, 4.69) is 10.4 Å². The topological polar surface area (TPSA) is 101 Å². The summed E-state index contributed by atoms with van der Waals surface area (Å²) in [5.41, 5.74) is -0.124. The zero-order valence-corrected chi connectivity index (χ0v) is 18.8. The van der Waals surface area contributed by atoms with E-state index < -0.39 is 27.2 Å². The van der Waals surface area contributed by atoms with E-state index in [4.69, 9.17) is 0 Å². The average molecular weight is 471 g/mol. The number of rotatable bonds is 5. The average Bonchev–Trinajstić information content (AvgIpc) is 2.80. The van der Waals surface area contributed by atoms with E-state index >= 15 is 0 Å². The maximum Gasteiger partial charge on any atom is 0.280 e. The van der Waals surface area contributed by atoms with Gasteiger partial charge in [0, 0.05) is 31.0 Å². The Hall–Kier alpha value is -3.37. The molecule has 1 aliphatic rings. The van der Waals surface area contributed by atoms with Crippen LogP contribution in [0, 0.1) is 11.7 Å². The first-order chi connectivity index (χ1) is 15.7. The van der Waals surface area contributed by atoms with Crippen molar-refractivity contribution in [3.63, 3.8) is 0 Å². The number of anilines is 1. The van der Waals surface area contributed by atoms with E-state index in [9.17, 15) is 22.4 Å². The van der Waals surface area contributed by atoms with Gasteiger partial charge in [-0.3, -0.25) is 9.59 Å². The predicted molar refractivity (Wildman–Crippen MR) is 121 cm³/mol. The van der Waals surface area contributed by atoms with E-state index in [1.54, 1.807) is 0 Å². The number of amides is 1. The second-order valence-electron chi connectivity index (χ2n) is 8.04. The van der Waals surface area contributed by atoms with E-state index in [1.165, 1.54) is 69.8 Å². The molecule has 1 N–H and O–H groups in total. The van der Waals surface area contributed by atoms with Gasteiger partial charge in [-0.2, -0.15) is 9.40 Å². The van der Waals surface area contributed by atoms with Gasteiger partial charge in [0.25, 0.3) is 5.91 Å². The first kappa shape index (κ1) is 22.8. The molecule has 0 radical (unpaired) electrons. The molecular weight excluding hydrogens is 447 g/mol. The molecule has 8 nitrogen and oxygen atoms in total. The summed E-state index contributed by atoms with van der Waals surface area (Å²) in [5, 5.41) is 6.63. The molecule has 0 saturated carbocycles. The first-order valence-corrected chi connectivity index (χ1v) is 12.0. The van der Waals surface area contributed by atoms with Crippen LogP contribution < -0.4 is 10.7 Å². The highest BCUT2D eigenvalue weighted by Crippen LogP contribution is 2.24. The van der Waals surface area contributed by atoms with Crippen LogP contribution in [0.2, 0.25) is 0 Å². The fourth-order valence-corrected chi connectivity index (χ4v) is 5.32. The largest absolute Gasteiger partial charge is 0.320 e. The number of piperidine rings is 1. The zero-order valence-electron chi connectivity index (χ0n) is 17.9. The predicted octanol–water partition coefficient (Wildman–Crippen LogP) is 3.04. The van der Waals surface area contributed by atoms with Crippen molar-refractivity contribution in [3.05, 3.63) is 82.5 Å². The van der Waals surface area contributed by atoms with Gasteiger partial charge in [0.05, 0.1) is 10.6 Å². The Morgan fingerprint density at radius 2 is 1.79 bits per heavy atom. The first-order valence-electron chi connectivity index (χ1n) is 10.5. The van der Waals surface area contributed by atoms with Gasteiger partial charge in [0.2, 0.25) is 15.5 Å². The van der Waals surface area contributed by atoms with Gasteiger partial charge in [-0.1, -0.05) is 6.92 Å². The molecule has 0 spiro atoms. The Morgan fingerprint density at radius 3 is 2.45 bits per heavy atom. The summed E-state index contributed by atoms with van der Waals surface area (Å²) in [4.78, 5) is 25.0. The van der Waals surface area contributed by atoms with Gasteiger partial charge in [0.1, 0.15) is 5.82 Å². The molecule has 172 valence electrons. The fourth-order valence-electron chi connectivity index (χ4n) is 3.72. The third-order valence-electron chi connectivity index (χ3n) is 5.48. The quantitative estimate of drug-likeness (QED) is 0.618. The fraction of sp³-hybridized carbons (Fsp3) is 0.261. The smallest absolute Gasteiger partial charge is 0.280 e. The number of hydrogen-bond acceptors (Lipinski definition) is 5. The normalized spacial score (nSPS) is 17.0. The molecule has 0 aliphatic carbocycles. The lowest BCUT2D eigenvalue weighted by molar-refractivity contribution is 0.101. The second kappa shape index (κ2) is 9.24. The third-order valence-corrected chi connectivity index (χ3v) is 7.36. The molecule has 33 heavy (non-hydrogen) atoms. The lowest BCUT2D eigenvalue weighted by Gasteiger charge is -2.30. The highest BCUT2D eigenvalue weighted by molar-refractivity contribution is 7.89. The Morgan fingerprint density at radius 1 is 1.09 bits per heavy atom. The number of hydrogen-bond donors (Lipinski definition) is 1. The number of aromatic nitrogens is 2. The summed E-state index contributed by atoms with van der Waals surface area (Å²) in [5.74, 6) is -0.848. The van der Waals surface area contributed by atoms with Crippen molar-refractivity contribution in [2.75, 3.05) is 18.4 Å². The monoisotopic (exact) mass is 470 g/mol. The third kappa shape index (κ3) is 5.01. The molecule has 1 atom stereocenters. The standard InChI is InChI=1S/C23H23FN4O4S/c1-16-3-2-13-27(15-16)33(31,32)20-10-6-18(7-11-20)25-23(30)22-21(29)12-14-28(26-22)19-8-4-17(24)5-9-19/h4-12,14,16H,2-3,13,15H2,1H3,(H,25,30)/t16-/m1/s1. The molecule has 4 rings (SSSR count). The van der Waals surface area contributed by atoms with Crippen molar-refractivity contribution in [3.8, 4) is 5.69 Å². The number of halogens is 1. The molecular formula is C23H23FN4O4S. The number of nitrogens with zero attached hydrogens (tertiary/aromatic N) is 3. The van der Waals surface area contributed by atoms with Gasteiger partial charge in [-0.25, -0.2) is 17.5 Å². The van der Waals surface area contributed by atoms with Crippen LogP contribution in [0.3, 0.4) is 0 Å². The molecule has 2 aromatic carbocycles. The van der Waals surface area contributed by atoms with Crippen LogP contribution in [-0.4, -0.2) is 41.5 Å². The van der Waals surface area contributed by atoms with Crippen molar-refractivity contribution < 1.29 is 17.6 Å². The van der Waals surface area contributed by atoms with Crippen LogP contribution in [0.1, 0.15) is 30.3 Å². The highest BCUT2D eigenvalue weighted by Gasteiger charge is 2.28. The van der Waals surface area contributed by atoms with Crippen LogP contribution in [0.25, 0.3) is 5.69 Å². The van der Waals surface area contributed by atoms with Gasteiger partial charge in [-0.15, -0.1) is 0 Å². The van der Waals surface area contributed by atoms with Crippen LogP contribution >= 0.6 is 0 Å². The summed E-state index contributed by atoms with van der Waals surface area (Å²) in [6, 6.07) is 12.4. The van der Waals surface area contributed by atoms with Crippen molar-refractivity contribution in [2.24, 2.45) is 5.92 Å². The minimum Gasteiger partial charge on any atom is -0.320 e. The number of benzene rings is 2. The molecule has 1 fully saturated rings. The summed E-state index contributed by atoms with van der Waals surface area (Å²) >= 11 is 0. The molecule has 10 heteroatoms. The molecule has 0 unspecified atom stereocenters.